The van der Waals surface area contributed by atoms with E-state index in [9.17, 15) is 0 Å². The van der Waals surface area contributed by atoms with Gasteiger partial charge in [-0.1, -0.05) is 0 Å². The van der Waals surface area contributed by atoms with Crippen LogP contribution in [0.1, 0.15) is 0 Å². The first-order valence-electron chi connectivity index (χ1n) is 1.41. The minimum atomic E-state index is 0. The van der Waals surface area contributed by atoms with Crippen LogP contribution in [-0.2, 0) is 16.2 Å². The van der Waals surface area contributed by atoms with Crippen molar-refractivity contribution in [2.75, 3.05) is 0 Å². The average Bonchev–Trinajstić information content (AvgIpc) is 0.918. The fourth-order valence-corrected chi connectivity index (χ4v) is 0. The van der Waals surface area contributed by atoms with E-state index < -0.39 is 0 Å². The molecule has 0 saturated heterocycles. The van der Waals surface area contributed by atoms with Gasteiger partial charge in [-0.3, -0.25) is 0 Å². The SMILES string of the molecule is [AlH3].[BH2][Zn][SiH3]. The van der Waals surface area contributed by atoms with Crippen molar-refractivity contribution >= 4 is 32.2 Å². The maximum absolute atomic E-state index is 2.37. The molecule has 0 heterocycles. The summed E-state index contributed by atoms with van der Waals surface area (Å²) in [5.74, 6) is 0. The summed E-state index contributed by atoms with van der Waals surface area (Å²) in [7, 11) is 1.56. The zero-order valence-corrected chi connectivity index (χ0v) is 7.67. The molecule has 0 aliphatic carbocycles. The molecular weight excluding hydrogens is 131 g/mol. The first kappa shape index (κ1) is 9.06. The third-order valence-corrected chi connectivity index (χ3v) is 0. The predicted octanol–water partition coefficient (Wildman–Crippen LogP) is -3.29. The monoisotopic (exact) mass is 138 g/mol. The average molecular weight is 139 g/mol. The first-order chi connectivity index (χ1) is 1.41. The van der Waals surface area contributed by atoms with Gasteiger partial charge in [-0.2, -0.15) is 0 Å². The maximum atomic E-state index is 2.37. The molecule has 0 aromatic rings. The van der Waals surface area contributed by atoms with Crippen LogP contribution in [0, 0.1) is 0 Å². The molecule has 0 amide bonds. The van der Waals surface area contributed by atoms with Crippen LogP contribution in [0.15, 0.2) is 0 Å². The van der Waals surface area contributed by atoms with Crippen LogP contribution in [0.2, 0.25) is 0 Å². The molecule has 0 aromatic heterocycles. The molecule has 0 rings (SSSR count). The first-order valence-corrected chi connectivity index (χ1v) is 14.7. The Hall–Kier alpha value is 1.44. The molecule has 0 N–H and O–H groups in total. The molecule has 0 unspecified atom stereocenters. The Morgan fingerprint density at radius 1 is 1.75 bits per heavy atom. The van der Waals surface area contributed by atoms with E-state index in [4.69, 9.17) is 0 Å². The van der Waals surface area contributed by atoms with Crippen molar-refractivity contribution in [2.24, 2.45) is 0 Å². The van der Waals surface area contributed by atoms with Crippen molar-refractivity contribution in [3.8, 4) is 0 Å². The Kier molecular flexibility index (Phi) is 20.0. The Bertz CT molecular complexity index is 8.00. The molecule has 0 aromatic carbocycles. The molecular formula is H8AlBSiZn. The van der Waals surface area contributed by atoms with Crippen LogP contribution >= 0.6 is 0 Å². The molecule has 0 aliphatic heterocycles. The quantitative estimate of drug-likeness (QED) is 0.309. The fourth-order valence-electron chi connectivity index (χ4n) is 0. The fraction of sp³-hybridized carbons (Fsp3) is 0. The van der Waals surface area contributed by atoms with Gasteiger partial charge in [0, 0.05) is 0 Å². The van der Waals surface area contributed by atoms with E-state index in [1.54, 1.807) is 8.47 Å². The molecule has 0 spiro atoms. The van der Waals surface area contributed by atoms with E-state index in [0.29, 0.717) is 0 Å². The van der Waals surface area contributed by atoms with Gasteiger partial charge in [0.05, 0.1) is 0 Å². The second kappa shape index (κ2) is 8.83. The van der Waals surface area contributed by atoms with Crippen molar-refractivity contribution in [1.82, 2.24) is 0 Å². The van der Waals surface area contributed by atoms with Crippen LogP contribution in [0.5, 0.6) is 0 Å². The Balaban J connectivity index is 0. The summed E-state index contributed by atoms with van der Waals surface area (Å²) in [6, 6.07) is 0. The number of rotatable bonds is 0. The summed E-state index contributed by atoms with van der Waals surface area (Å²) >= 11 is 0.264. The van der Waals surface area contributed by atoms with Gasteiger partial charge >= 0.3 is 31.0 Å². The van der Waals surface area contributed by atoms with E-state index in [-0.39, 0.29) is 33.6 Å². The second-order valence-electron chi connectivity index (χ2n) is 0.707. The van der Waals surface area contributed by atoms with Gasteiger partial charge in [-0.05, 0) is 0 Å². The van der Waals surface area contributed by atoms with Crippen molar-refractivity contribution in [2.45, 2.75) is 0 Å². The van der Waals surface area contributed by atoms with Crippen LogP contribution in [-0.4, -0.2) is 32.2 Å². The third kappa shape index (κ3) is 9.88. The summed E-state index contributed by atoms with van der Waals surface area (Å²) in [6.07, 6.45) is 2.37. The molecule has 0 radical (unpaired) electrons. The number of hydrogen-bond acceptors (Lipinski definition) is 0. The standard InChI is InChI=1S/Al.BH2.H3Si.Zn.3H/h;1H2;1H3;;;;/q;+1;;-1;;;. The van der Waals surface area contributed by atoms with E-state index in [2.05, 4.69) is 6.33 Å². The summed E-state index contributed by atoms with van der Waals surface area (Å²) < 4.78 is 0. The summed E-state index contributed by atoms with van der Waals surface area (Å²) in [5, 5.41) is 0. The second-order valence-corrected chi connectivity index (χ2v) is 11.0. The summed E-state index contributed by atoms with van der Waals surface area (Å²) in [6.45, 7) is 0. The molecule has 0 fully saturated rings. The predicted molar refractivity (Wildman–Crippen MR) is 28.4 cm³/mol. The van der Waals surface area contributed by atoms with Gasteiger partial charge in [0.15, 0.2) is 17.4 Å². The van der Waals surface area contributed by atoms with Crippen molar-refractivity contribution in [3.63, 3.8) is 0 Å². The van der Waals surface area contributed by atoms with Crippen molar-refractivity contribution in [1.29, 1.82) is 0 Å². The molecule has 20 valence electrons. The zero-order valence-electron chi connectivity index (χ0n) is 2.71. The van der Waals surface area contributed by atoms with Gasteiger partial charge in [-0.15, -0.1) is 0 Å². The van der Waals surface area contributed by atoms with Gasteiger partial charge in [0.2, 0.25) is 0 Å². The van der Waals surface area contributed by atoms with Crippen LogP contribution in [0.3, 0.4) is 0 Å². The number of hydrogen-bond donors (Lipinski definition) is 0. The van der Waals surface area contributed by atoms with Crippen molar-refractivity contribution < 1.29 is 16.2 Å². The normalized spacial score (nSPS) is 3.00. The molecule has 0 bridgehead atoms. The molecule has 0 aliphatic rings. The Labute approximate surface area is 48.4 Å². The Morgan fingerprint density at radius 3 is 1.75 bits per heavy atom. The molecule has 0 saturated carbocycles. The van der Waals surface area contributed by atoms with Gasteiger partial charge in [0.25, 0.3) is 0 Å². The topological polar surface area (TPSA) is 0 Å². The van der Waals surface area contributed by atoms with Crippen LogP contribution in [0.25, 0.3) is 0 Å². The van der Waals surface area contributed by atoms with Gasteiger partial charge in [-0.25, -0.2) is 0 Å². The van der Waals surface area contributed by atoms with Crippen LogP contribution in [0.4, 0.5) is 0 Å². The van der Waals surface area contributed by atoms with Crippen molar-refractivity contribution in [3.05, 3.63) is 0 Å². The van der Waals surface area contributed by atoms with Gasteiger partial charge < -0.3 is 0 Å². The zero-order chi connectivity index (χ0) is 2.71. The van der Waals surface area contributed by atoms with Gasteiger partial charge in [0.1, 0.15) is 0 Å². The van der Waals surface area contributed by atoms with E-state index >= 15 is 0 Å². The minimum absolute atomic E-state index is 0. The molecule has 0 atom stereocenters. The molecule has 4 heteroatoms. The summed E-state index contributed by atoms with van der Waals surface area (Å²) in [4.78, 5) is 0. The molecule has 0 nitrogen and oxygen atoms in total. The van der Waals surface area contributed by atoms with Crippen LogP contribution < -0.4 is 0 Å². The summed E-state index contributed by atoms with van der Waals surface area (Å²) in [5.41, 5.74) is 0. The molecule has 4 heavy (non-hydrogen) atoms. The third-order valence-electron chi connectivity index (χ3n) is 0. The van der Waals surface area contributed by atoms with E-state index in [1.807, 2.05) is 0 Å². The van der Waals surface area contributed by atoms with E-state index in [1.165, 1.54) is 0 Å². The van der Waals surface area contributed by atoms with E-state index in [0.717, 1.165) is 0 Å². The Morgan fingerprint density at radius 2 is 1.75 bits per heavy atom.